The minimum Gasteiger partial charge on any atom is -0.481 e. The van der Waals surface area contributed by atoms with Crippen molar-refractivity contribution in [2.75, 3.05) is 6.61 Å². The molecule has 180 valence electrons. The van der Waals surface area contributed by atoms with Crippen LogP contribution in [-0.2, 0) is 33.8 Å². The van der Waals surface area contributed by atoms with Crippen molar-refractivity contribution in [3.8, 4) is 11.1 Å². The second kappa shape index (κ2) is 9.61. The number of ether oxygens (including phenoxy) is 1. The summed E-state index contributed by atoms with van der Waals surface area (Å²) >= 11 is 0. The molecule has 0 fully saturated rings. The molecule has 1 aromatic heterocycles. The largest absolute Gasteiger partial charge is 0.481 e. The molecule has 3 aromatic rings. The smallest absolute Gasteiger partial charge is 0.407 e. The van der Waals surface area contributed by atoms with Crippen molar-refractivity contribution in [2.24, 2.45) is 0 Å². The number of carboxylic acids is 1. The van der Waals surface area contributed by atoms with Gasteiger partial charge in [0.1, 0.15) is 18.5 Å². The molecule has 1 unspecified atom stereocenters. The number of hydrogen-bond acceptors (Lipinski definition) is 5. The summed E-state index contributed by atoms with van der Waals surface area (Å²) < 4.78 is 7.52. The number of rotatable bonds is 8. The lowest BCUT2D eigenvalue weighted by atomic mass is 9.98. The van der Waals surface area contributed by atoms with Gasteiger partial charge in [0.25, 0.3) is 0 Å². The van der Waals surface area contributed by atoms with Gasteiger partial charge in [-0.2, -0.15) is 0 Å². The number of carboxylic acid groups (broad SMARTS) is 1. The molecule has 0 saturated carbocycles. The summed E-state index contributed by atoms with van der Waals surface area (Å²) in [6.45, 7) is 1.12. The van der Waals surface area contributed by atoms with Crippen LogP contribution in [0.2, 0.25) is 0 Å². The predicted octanol–water partition coefficient (Wildman–Crippen LogP) is 2.83. The van der Waals surface area contributed by atoms with Gasteiger partial charge < -0.3 is 25.0 Å². The van der Waals surface area contributed by atoms with Crippen LogP contribution in [0.3, 0.4) is 0 Å². The Hall–Kier alpha value is -4.14. The van der Waals surface area contributed by atoms with Gasteiger partial charge >= 0.3 is 12.1 Å². The number of fused-ring (bicyclic) bond motifs is 4. The van der Waals surface area contributed by atoms with Crippen LogP contribution in [0.4, 0.5) is 4.79 Å². The van der Waals surface area contributed by atoms with E-state index < -0.39 is 30.4 Å². The Morgan fingerprint density at radius 2 is 1.77 bits per heavy atom. The minimum atomic E-state index is -1.26. The molecule has 1 atom stereocenters. The van der Waals surface area contributed by atoms with E-state index in [4.69, 9.17) is 4.74 Å². The van der Waals surface area contributed by atoms with Gasteiger partial charge in [0.2, 0.25) is 5.91 Å². The van der Waals surface area contributed by atoms with Crippen LogP contribution in [0.15, 0.2) is 54.7 Å². The third-order valence-corrected chi connectivity index (χ3v) is 6.58. The monoisotopic (exact) mass is 474 g/mol. The molecule has 1 aliphatic heterocycles. The van der Waals surface area contributed by atoms with Gasteiger partial charge in [0.05, 0.1) is 24.9 Å². The molecule has 2 aliphatic rings. The van der Waals surface area contributed by atoms with Crippen molar-refractivity contribution in [3.63, 3.8) is 0 Å². The van der Waals surface area contributed by atoms with Gasteiger partial charge in [0.15, 0.2) is 0 Å². The van der Waals surface area contributed by atoms with Crippen molar-refractivity contribution in [1.82, 2.24) is 20.2 Å². The number of carbonyl (C=O) groups is 3. The van der Waals surface area contributed by atoms with Gasteiger partial charge in [-0.15, -0.1) is 0 Å². The fourth-order valence-electron chi connectivity index (χ4n) is 4.93. The molecule has 9 nitrogen and oxygen atoms in total. The number of nitrogens with one attached hydrogen (secondary N) is 2. The van der Waals surface area contributed by atoms with Crippen LogP contribution in [0.5, 0.6) is 0 Å². The van der Waals surface area contributed by atoms with E-state index in [9.17, 15) is 19.5 Å². The van der Waals surface area contributed by atoms with Crippen LogP contribution in [0.25, 0.3) is 11.1 Å². The van der Waals surface area contributed by atoms with Crippen molar-refractivity contribution >= 4 is 18.0 Å². The first kappa shape index (κ1) is 22.6. The van der Waals surface area contributed by atoms with Crippen LogP contribution >= 0.6 is 0 Å². The van der Waals surface area contributed by atoms with E-state index in [2.05, 4.69) is 15.6 Å². The maximum absolute atomic E-state index is 12.7. The molecule has 3 N–H and O–H groups in total. The molecule has 35 heavy (non-hydrogen) atoms. The van der Waals surface area contributed by atoms with E-state index in [-0.39, 0.29) is 19.1 Å². The number of aliphatic carboxylic acids is 1. The standard InChI is InChI=1S/C26H26N4O5/c31-24(32)12-22(25(33)28-14-16-13-27-23-10-5-11-30(16)23)29-26(34)35-15-21-19-8-3-1-6-17(19)18-7-2-4-9-20(18)21/h1-4,6-9,13,21-22H,5,10-12,14-15H2,(H,28,33)(H,29,34)(H,31,32). The van der Waals surface area contributed by atoms with Crippen LogP contribution < -0.4 is 10.6 Å². The lowest BCUT2D eigenvalue weighted by molar-refractivity contribution is -0.139. The average molecular weight is 475 g/mol. The fraction of sp³-hybridized carbons (Fsp3) is 0.308. The summed E-state index contributed by atoms with van der Waals surface area (Å²) in [6, 6.07) is 14.7. The summed E-state index contributed by atoms with van der Waals surface area (Å²) in [5.74, 6) is -0.944. The van der Waals surface area contributed by atoms with E-state index in [0.29, 0.717) is 0 Å². The zero-order chi connectivity index (χ0) is 24.4. The molecule has 0 spiro atoms. The Morgan fingerprint density at radius 1 is 1.09 bits per heavy atom. The topological polar surface area (TPSA) is 123 Å². The van der Waals surface area contributed by atoms with Gasteiger partial charge in [0, 0.05) is 18.9 Å². The highest BCUT2D eigenvalue weighted by molar-refractivity contribution is 5.89. The average Bonchev–Trinajstić information content (AvgIpc) is 3.54. The predicted molar refractivity (Wildman–Crippen MR) is 127 cm³/mol. The summed E-state index contributed by atoms with van der Waals surface area (Å²) in [7, 11) is 0. The second-order valence-corrected chi connectivity index (χ2v) is 8.76. The molecule has 2 amide bonds. The number of hydrogen-bond donors (Lipinski definition) is 3. The zero-order valence-corrected chi connectivity index (χ0v) is 19.1. The lowest BCUT2D eigenvalue weighted by Gasteiger charge is -2.19. The summed E-state index contributed by atoms with van der Waals surface area (Å²) in [5.41, 5.74) is 5.18. The Labute approximate surface area is 202 Å². The summed E-state index contributed by atoms with van der Waals surface area (Å²) in [4.78, 5) is 41.0. The van der Waals surface area contributed by atoms with Gasteiger partial charge in [-0.3, -0.25) is 9.59 Å². The molecule has 1 aliphatic carbocycles. The molecule has 9 heteroatoms. The van der Waals surface area contributed by atoms with Crippen molar-refractivity contribution < 1.29 is 24.2 Å². The molecule has 0 bridgehead atoms. The molecular formula is C26H26N4O5. The van der Waals surface area contributed by atoms with Gasteiger partial charge in [-0.1, -0.05) is 48.5 Å². The number of imidazole rings is 1. The number of alkyl carbamates (subject to hydrolysis) is 1. The molecule has 2 heterocycles. The highest BCUT2D eigenvalue weighted by Crippen LogP contribution is 2.44. The molecule has 0 radical (unpaired) electrons. The van der Waals surface area contributed by atoms with Gasteiger partial charge in [-0.05, 0) is 28.7 Å². The van der Waals surface area contributed by atoms with E-state index in [0.717, 1.165) is 53.2 Å². The van der Waals surface area contributed by atoms with Crippen molar-refractivity contribution in [3.05, 3.63) is 77.4 Å². The maximum Gasteiger partial charge on any atom is 0.407 e. The van der Waals surface area contributed by atoms with E-state index >= 15 is 0 Å². The first-order valence-corrected chi connectivity index (χ1v) is 11.7. The van der Waals surface area contributed by atoms with E-state index in [1.165, 1.54) is 0 Å². The fourth-order valence-corrected chi connectivity index (χ4v) is 4.93. The number of carbonyl (C=O) groups excluding carboxylic acids is 2. The molecular weight excluding hydrogens is 448 g/mol. The van der Waals surface area contributed by atoms with Crippen LogP contribution in [0, 0.1) is 0 Å². The lowest BCUT2D eigenvalue weighted by Crippen LogP contribution is -2.48. The zero-order valence-electron chi connectivity index (χ0n) is 19.1. The first-order valence-electron chi connectivity index (χ1n) is 11.7. The third-order valence-electron chi connectivity index (χ3n) is 6.58. The number of nitrogens with zero attached hydrogens (tertiary/aromatic N) is 2. The molecule has 2 aromatic carbocycles. The number of aryl methyl sites for hydroxylation is 1. The third kappa shape index (κ3) is 4.62. The SMILES string of the molecule is O=C(O)CC(NC(=O)OCC1c2ccccc2-c2ccccc21)C(=O)NCc1cnc2n1CCC2. The van der Waals surface area contributed by atoms with Gasteiger partial charge in [-0.25, -0.2) is 9.78 Å². The molecule has 0 saturated heterocycles. The van der Waals surface area contributed by atoms with Crippen LogP contribution in [0.1, 0.15) is 41.4 Å². The van der Waals surface area contributed by atoms with Crippen molar-refractivity contribution in [1.29, 1.82) is 0 Å². The quantitative estimate of drug-likeness (QED) is 0.461. The Balaban J connectivity index is 1.21. The maximum atomic E-state index is 12.7. The van der Waals surface area contributed by atoms with Crippen LogP contribution in [-0.4, -0.2) is 45.3 Å². The number of aromatic nitrogens is 2. The Morgan fingerprint density at radius 3 is 2.46 bits per heavy atom. The van der Waals surface area contributed by atoms with E-state index in [1.807, 2.05) is 53.1 Å². The highest BCUT2D eigenvalue weighted by atomic mass is 16.5. The molecule has 5 rings (SSSR count). The Kier molecular flexibility index (Phi) is 6.22. The number of amides is 2. The normalized spacial score (nSPS) is 14.5. The highest BCUT2D eigenvalue weighted by Gasteiger charge is 2.30. The summed E-state index contributed by atoms with van der Waals surface area (Å²) in [5, 5.41) is 14.4. The summed E-state index contributed by atoms with van der Waals surface area (Å²) in [6.07, 6.45) is 2.23. The first-order chi connectivity index (χ1) is 17.0. The number of benzene rings is 2. The second-order valence-electron chi connectivity index (χ2n) is 8.76. The van der Waals surface area contributed by atoms with Crippen molar-refractivity contribution in [2.45, 2.75) is 44.3 Å². The Bertz CT molecular complexity index is 1240. The van der Waals surface area contributed by atoms with E-state index in [1.54, 1.807) is 6.20 Å². The minimum absolute atomic E-state index is 0.0727.